The lowest BCUT2D eigenvalue weighted by Crippen LogP contribution is -2.00. The maximum atomic E-state index is 2.26. The molecule has 0 atom stereocenters. The first kappa shape index (κ1) is 24.5. The summed E-state index contributed by atoms with van der Waals surface area (Å²) < 4.78 is 0. The van der Waals surface area contributed by atoms with E-state index >= 15 is 0 Å². The summed E-state index contributed by atoms with van der Waals surface area (Å²) in [6, 6.07) is 17.6. The minimum absolute atomic E-state index is 0.833. The zero-order valence-electron chi connectivity index (χ0n) is 19.4. The van der Waals surface area contributed by atoms with Crippen molar-refractivity contribution in [2.45, 2.75) is 92.9 Å². The molecule has 0 aliphatic heterocycles. The highest BCUT2D eigenvalue weighted by Gasteiger charge is 2.06. The van der Waals surface area contributed by atoms with Crippen molar-refractivity contribution in [3.63, 3.8) is 0 Å². The summed E-state index contributed by atoms with van der Waals surface area (Å²) in [5.74, 6) is 1.67. The van der Waals surface area contributed by atoms with E-state index in [4.69, 9.17) is 0 Å². The van der Waals surface area contributed by atoms with Gasteiger partial charge in [-0.2, -0.15) is 0 Å². The molecular weight excluding hydrogens is 336 g/mol. The van der Waals surface area contributed by atoms with Gasteiger partial charge in [-0.1, -0.05) is 90.1 Å². The summed E-state index contributed by atoms with van der Waals surface area (Å²) in [6.07, 6.45) is 10.8. The Balaban J connectivity index is 0.000000206. The highest BCUT2D eigenvalue weighted by atomic mass is 14.1. The number of fused-ring (bicyclic) bond motifs is 2. The quantitative estimate of drug-likeness (QED) is 0.430. The third kappa shape index (κ3) is 11.3. The first-order valence-corrected chi connectivity index (χ1v) is 11.5. The molecule has 0 saturated carbocycles. The van der Waals surface area contributed by atoms with Gasteiger partial charge < -0.3 is 0 Å². The lowest BCUT2D eigenvalue weighted by molar-refractivity contribution is 0.685. The van der Waals surface area contributed by atoms with Crippen molar-refractivity contribution < 1.29 is 0 Å². The van der Waals surface area contributed by atoms with Crippen LogP contribution >= 0.6 is 0 Å². The van der Waals surface area contributed by atoms with Gasteiger partial charge in [-0.3, -0.25) is 0 Å². The SMILES string of the molecule is CC(C)C.CC(C)C.c1ccc2c(c1)CCCC2.c1ccc2c(c1)CCCC2. The van der Waals surface area contributed by atoms with Crippen molar-refractivity contribution in [1.82, 2.24) is 0 Å². The minimum atomic E-state index is 0.833. The van der Waals surface area contributed by atoms with Crippen LogP contribution in [-0.2, 0) is 25.7 Å². The Morgan fingerprint density at radius 2 is 0.607 bits per heavy atom. The van der Waals surface area contributed by atoms with Gasteiger partial charge in [0.05, 0.1) is 0 Å². The van der Waals surface area contributed by atoms with Crippen LogP contribution in [0, 0.1) is 11.8 Å². The molecule has 0 heterocycles. The lowest BCUT2D eigenvalue weighted by atomic mass is 9.92. The van der Waals surface area contributed by atoms with E-state index in [0.29, 0.717) is 0 Å². The highest BCUT2D eigenvalue weighted by molar-refractivity contribution is 5.29. The lowest BCUT2D eigenvalue weighted by Gasteiger charge is -2.13. The van der Waals surface area contributed by atoms with Crippen molar-refractivity contribution in [2.75, 3.05) is 0 Å². The van der Waals surface area contributed by atoms with Gasteiger partial charge in [0.25, 0.3) is 0 Å². The van der Waals surface area contributed by atoms with Crippen molar-refractivity contribution in [2.24, 2.45) is 11.8 Å². The van der Waals surface area contributed by atoms with Crippen LogP contribution in [0.2, 0.25) is 0 Å². The van der Waals surface area contributed by atoms with Gasteiger partial charge in [0, 0.05) is 0 Å². The van der Waals surface area contributed by atoms with Crippen molar-refractivity contribution in [3.8, 4) is 0 Å². The van der Waals surface area contributed by atoms with Crippen LogP contribution in [0.25, 0.3) is 0 Å². The van der Waals surface area contributed by atoms with E-state index in [2.05, 4.69) is 90.1 Å². The summed E-state index contributed by atoms with van der Waals surface area (Å²) in [7, 11) is 0. The van der Waals surface area contributed by atoms with E-state index in [1.54, 1.807) is 22.3 Å². The largest absolute Gasteiger partial charge is 0.0630 e. The molecule has 0 radical (unpaired) electrons. The van der Waals surface area contributed by atoms with Gasteiger partial charge in [-0.25, -0.2) is 0 Å². The van der Waals surface area contributed by atoms with E-state index in [1.807, 2.05) is 0 Å². The van der Waals surface area contributed by atoms with Gasteiger partial charge in [-0.05, 0) is 85.5 Å². The molecule has 0 saturated heterocycles. The molecule has 28 heavy (non-hydrogen) atoms. The Morgan fingerprint density at radius 1 is 0.429 bits per heavy atom. The van der Waals surface area contributed by atoms with Crippen LogP contribution in [0.5, 0.6) is 0 Å². The van der Waals surface area contributed by atoms with Gasteiger partial charge >= 0.3 is 0 Å². The molecular formula is C28H44. The monoisotopic (exact) mass is 380 g/mol. The Morgan fingerprint density at radius 3 is 0.786 bits per heavy atom. The van der Waals surface area contributed by atoms with Crippen LogP contribution in [0.15, 0.2) is 48.5 Å². The molecule has 2 aliphatic carbocycles. The van der Waals surface area contributed by atoms with Gasteiger partial charge in [-0.15, -0.1) is 0 Å². The average molecular weight is 381 g/mol. The van der Waals surface area contributed by atoms with Crippen LogP contribution in [0.1, 0.15) is 89.5 Å². The molecule has 0 fully saturated rings. The molecule has 2 aromatic carbocycles. The van der Waals surface area contributed by atoms with E-state index in [0.717, 1.165) is 11.8 Å². The van der Waals surface area contributed by atoms with E-state index in [9.17, 15) is 0 Å². The fourth-order valence-corrected chi connectivity index (χ4v) is 3.35. The first-order valence-electron chi connectivity index (χ1n) is 11.5. The molecule has 0 bridgehead atoms. The predicted octanol–water partition coefficient (Wildman–Crippen LogP) is 8.46. The number of hydrogen-bond acceptors (Lipinski definition) is 0. The standard InChI is InChI=1S/2C10H12.2C4H10/c2*1-2-6-10-8-4-3-7-9(10)5-1;2*1-4(2)3/h2*1-2,5-6H,3-4,7-8H2;2*4H,1-3H3. The van der Waals surface area contributed by atoms with Gasteiger partial charge in [0.1, 0.15) is 0 Å². The summed E-state index contributed by atoms with van der Waals surface area (Å²) in [6.45, 7) is 13.0. The molecule has 156 valence electrons. The molecule has 0 heteroatoms. The minimum Gasteiger partial charge on any atom is -0.0630 e. The third-order valence-electron chi connectivity index (χ3n) is 4.52. The Bertz CT molecular complexity index is 523. The smallest absolute Gasteiger partial charge is 0.0276 e. The highest BCUT2D eigenvalue weighted by Crippen LogP contribution is 2.20. The van der Waals surface area contributed by atoms with Crippen molar-refractivity contribution >= 4 is 0 Å². The molecule has 2 aromatic rings. The molecule has 0 nitrogen and oxygen atoms in total. The van der Waals surface area contributed by atoms with E-state index in [-0.39, 0.29) is 0 Å². The van der Waals surface area contributed by atoms with Gasteiger partial charge in [0.2, 0.25) is 0 Å². The fourth-order valence-electron chi connectivity index (χ4n) is 3.35. The normalized spacial score (nSPS) is 14.3. The number of benzene rings is 2. The maximum absolute atomic E-state index is 2.26. The van der Waals surface area contributed by atoms with Gasteiger partial charge in [0.15, 0.2) is 0 Å². The summed E-state index contributed by atoms with van der Waals surface area (Å²) in [4.78, 5) is 0. The van der Waals surface area contributed by atoms with E-state index in [1.165, 1.54) is 51.4 Å². The second kappa shape index (κ2) is 14.4. The summed E-state index contributed by atoms with van der Waals surface area (Å²) in [5.41, 5.74) is 6.31. The number of hydrogen-bond donors (Lipinski definition) is 0. The van der Waals surface area contributed by atoms with Crippen LogP contribution in [0.4, 0.5) is 0 Å². The Labute approximate surface area is 175 Å². The third-order valence-corrected chi connectivity index (χ3v) is 4.52. The molecule has 0 unspecified atom stereocenters. The Kier molecular flexibility index (Phi) is 12.6. The first-order chi connectivity index (χ1) is 13.4. The van der Waals surface area contributed by atoms with Crippen molar-refractivity contribution in [3.05, 3.63) is 70.8 Å². The topological polar surface area (TPSA) is 0 Å². The predicted molar refractivity (Wildman–Crippen MR) is 127 cm³/mol. The molecule has 0 spiro atoms. The Hall–Kier alpha value is -1.56. The molecule has 4 rings (SSSR count). The summed E-state index contributed by atoms with van der Waals surface area (Å²) >= 11 is 0. The van der Waals surface area contributed by atoms with Crippen molar-refractivity contribution in [1.29, 1.82) is 0 Å². The van der Waals surface area contributed by atoms with Crippen LogP contribution < -0.4 is 0 Å². The zero-order chi connectivity index (χ0) is 20.8. The molecule has 0 amide bonds. The van der Waals surface area contributed by atoms with Crippen LogP contribution in [-0.4, -0.2) is 0 Å². The average Bonchev–Trinajstić information content (AvgIpc) is 2.68. The number of aryl methyl sites for hydroxylation is 4. The van der Waals surface area contributed by atoms with Crippen LogP contribution in [0.3, 0.4) is 0 Å². The maximum Gasteiger partial charge on any atom is -0.0276 e. The number of rotatable bonds is 0. The van der Waals surface area contributed by atoms with E-state index < -0.39 is 0 Å². The second-order valence-corrected chi connectivity index (χ2v) is 9.42. The zero-order valence-corrected chi connectivity index (χ0v) is 19.4. The second-order valence-electron chi connectivity index (χ2n) is 9.42. The fraction of sp³-hybridized carbons (Fsp3) is 0.571. The summed E-state index contributed by atoms with van der Waals surface area (Å²) in [5, 5.41) is 0. The molecule has 2 aliphatic rings. The molecule has 0 aromatic heterocycles. The molecule has 0 N–H and O–H groups in total.